The van der Waals surface area contributed by atoms with Crippen LogP contribution in [0.3, 0.4) is 0 Å². The van der Waals surface area contributed by atoms with Crippen molar-refractivity contribution < 1.29 is 34.0 Å². The number of carbonyl (C=O) groups is 1. The number of anilines is 1. The van der Waals surface area contributed by atoms with Gasteiger partial charge in [-0.05, 0) is 75.7 Å². The highest BCUT2D eigenvalue weighted by Crippen LogP contribution is 2.40. The first-order valence-corrected chi connectivity index (χ1v) is 12.3. The van der Waals surface area contributed by atoms with Crippen molar-refractivity contribution >= 4 is 23.8 Å². The average molecular weight is 508 g/mol. The molecule has 35 heavy (non-hydrogen) atoms. The van der Waals surface area contributed by atoms with Gasteiger partial charge in [-0.1, -0.05) is 6.07 Å². The molecule has 0 bridgehead atoms. The van der Waals surface area contributed by atoms with Crippen LogP contribution in [-0.4, -0.2) is 46.3 Å². The highest BCUT2D eigenvalue weighted by atomic mass is 32.2. The van der Waals surface area contributed by atoms with E-state index in [1.807, 2.05) is 13.8 Å². The second-order valence-corrected chi connectivity index (χ2v) is 9.92. The van der Waals surface area contributed by atoms with E-state index in [0.717, 1.165) is 17.6 Å². The molecule has 0 aliphatic carbocycles. The van der Waals surface area contributed by atoms with Crippen molar-refractivity contribution in [1.82, 2.24) is 11.0 Å². The molecule has 0 saturated carbocycles. The van der Waals surface area contributed by atoms with Crippen LogP contribution in [0.25, 0.3) is 0 Å². The van der Waals surface area contributed by atoms with Crippen molar-refractivity contribution in [2.75, 3.05) is 24.2 Å². The fraction of sp³-hybridized carbons (Fsp3) is 0.458. The lowest BCUT2D eigenvalue weighted by molar-refractivity contribution is -0.00335. The standard InChI is InChI=1S/C24H33N3O7S/c1-23(2,25-14-20(30)15-6-9-19(29)21(12-15)33-26-34-35-5)10-11-27-18-8-7-16(28)13-17(18)24(3,4)32-22(27)31/h6-9,12-13,20,25-26,28-30H,10-11,14H2,1-5H3. The highest BCUT2D eigenvalue weighted by Gasteiger charge is 2.39. The van der Waals surface area contributed by atoms with Crippen LogP contribution in [0.1, 0.15) is 51.3 Å². The minimum absolute atomic E-state index is 0.100. The fourth-order valence-corrected chi connectivity index (χ4v) is 3.87. The van der Waals surface area contributed by atoms with Crippen LogP contribution < -0.4 is 20.7 Å². The van der Waals surface area contributed by atoms with Gasteiger partial charge in [0.1, 0.15) is 11.4 Å². The number of benzene rings is 2. The molecular weight excluding hydrogens is 474 g/mol. The quantitative estimate of drug-likeness (QED) is 0.173. The third kappa shape index (κ3) is 6.71. The largest absolute Gasteiger partial charge is 0.508 e. The molecular formula is C24H33N3O7S. The number of cyclic esters (lactones) is 1. The molecule has 0 fully saturated rings. The van der Waals surface area contributed by atoms with Gasteiger partial charge in [0, 0.05) is 42.5 Å². The van der Waals surface area contributed by atoms with Crippen molar-refractivity contribution in [3.8, 4) is 17.2 Å². The first-order chi connectivity index (χ1) is 16.4. The number of nitrogens with one attached hydrogen (secondary N) is 2. The molecule has 1 aliphatic rings. The lowest BCUT2D eigenvalue weighted by Crippen LogP contribution is -2.48. The molecule has 10 nitrogen and oxygen atoms in total. The van der Waals surface area contributed by atoms with E-state index in [4.69, 9.17) is 13.9 Å². The topological polar surface area (TPSA) is 133 Å². The number of amides is 1. The zero-order chi connectivity index (χ0) is 25.8. The molecule has 2 aromatic carbocycles. The number of fused-ring (bicyclic) bond motifs is 1. The molecule has 3 rings (SSSR count). The summed E-state index contributed by atoms with van der Waals surface area (Å²) < 4.78 is 10.4. The Labute approximate surface area is 209 Å². The highest BCUT2D eigenvalue weighted by molar-refractivity contribution is 7.93. The molecule has 0 saturated heterocycles. The summed E-state index contributed by atoms with van der Waals surface area (Å²) in [6, 6.07) is 9.45. The van der Waals surface area contributed by atoms with Gasteiger partial charge in [-0.3, -0.25) is 4.90 Å². The Balaban J connectivity index is 1.62. The van der Waals surface area contributed by atoms with Gasteiger partial charge in [-0.15, -0.1) is 0 Å². The number of ether oxygens (including phenoxy) is 1. The van der Waals surface area contributed by atoms with Gasteiger partial charge in [-0.2, -0.15) is 4.28 Å². The summed E-state index contributed by atoms with van der Waals surface area (Å²) in [7, 11) is 0. The number of nitrogens with zero attached hydrogens (tertiary/aromatic N) is 1. The summed E-state index contributed by atoms with van der Waals surface area (Å²) in [6.07, 6.45) is 0.945. The smallest absolute Gasteiger partial charge is 0.415 e. The zero-order valence-corrected chi connectivity index (χ0v) is 21.3. The number of β-amino-alcohol motifs (C(OH)–C–C–N with tert-alkyl or cyclic N) is 1. The van der Waals surface area contributed by atoms with E-state index in [0.29, 0.717) is 24.2 Å². The number of hydrogen-bond acceptors (Lipinski definition) is 10. The molecule has 11 heteroatoms. The van der Waals surface area contributed by atoms with Crippen molar-refractivity contribution in [1.29, 1.82) is 0 Å². The van der Waals surface area contributed by atoms with Crippen molar-refractivity contribution in [3.05, 3.63) is 47.5 Å². The van der Waals surface area contributed by atoms with Crippen LogP contribution in [0.4, 0.5) is 10.5 Å². The first-order valence-electron chi connectivity index (χ1n) is 11.1. The molecule has 5 N–H and O–H groups in total. The molecule has 1 aliphatic heterocycles. The van der Waals surface area contributed by atoms with Gasteiger partial charge in [0.2, 0.25) is 0 Å². The molecule has 1 amide bonds. The van der Waals surface area contributed by atoms with E-state index >= 15 is 0 Å². The molecule has 1 atom stereocenters. The SMILES string of the molecule is CSONOc1cc(C(O)CNC(C)(C)CCN2C(=O)OC(C)(C)c3cc(O)ccc32)ccc1O. The summed E-state index contributed by atoms with van der Waals surface area (Å²) in [5.41, 5.74) is 2.94. The zero-order valence-electron chi connectivity index (χ0n) is 20.5. The molecule has 1 heterocycles. The summed E-state index contributed by atoms with van der Waals surface area (Å²) in [5, 5.41) is 33.8. The number of aliphatic hydroxyl groups is 1. The molecule has 1 unspecified atom stereocenters. The maximum atomic E-state index is 12.7. The minimum Gasteiger partial charge on any atom is -0.508 e. The van der Waals surface area contributed by atoms with Gasteiger partial charge in [0.25, 0.3) is 0 Å². The van der Waals surface area contributed by atoms with Gasteiger partial charge in [-0.25, -0.2) is 4.79 Å². The lowest BCUT2D eigenvalue weighted by Gasteiger charge is -2.39. The van der Waals surface area contributed by atoms with Crippen LogP contribution in [0.2, 0.25) is 0 Å². The van der Waals surface area contributed by atoms with E-state index in [2.05, 4.69) is 11.0 Å². The Hall–Kier alpha value is -2.70. The van der Waals surface area contributed by atoms with Gasteiger partial charge in [0.05, 0.1) is 11.8 Å². The van der Waals surface area contributed by atoms with Gasteiger partial charge >= 0.3 is 6.09 Å². The van der Waals surface area contributed by atoms with Crippen LogP contribution in [0.5, 0.6) is 17.2 Å². The monoisotopic (exact) mass is 507 g/mol. The van der Waals surface area contributed by atoms with Crippen LogP contribution in [0, 0.1) is 0 Å². The first kappa shape index (κ1) is 26.9. The fourth-order valence-electron chi connectivity index (χ4n) is 3.77. The van der Waals surface area contributed by atoms with E-state index in [-0.39, 0.29) is 23.8 Å². The molecule has 0 radical (unpaired) electrons. The van der Waals surface area contributed by atoms with Crippen molar-refractivity contribution in [3.63, 3.8) is 0 Å². The Morgan fingerprint density at radius 2 is 1.94 bits per heavy atom. The molecule has 192 valence electrons. The van der Waals surface area contributed by atoms with Crippen LogP contribution in [-0.2, 0) is 14.6 Å². The van der Waals surface area contributed by atoms with Gasteiger partial charge < -0.3 is 30.2 Å². The van der Waals surface area contributed by atoms with Crippen LogP contribution in [0.15, 0.2) is 36.4 Å². The number of carbonyl (C=O) groups excluding carboxylic acids is 1. The third-order valence-corrected chi connectivity index (χ3v) is 6.09. The Kier molecular flexibility index (Phi) is 8.39. The second kappa shape index (κ2) is 10.9. The van der Waals surface area contributed by atoms with E-state index in [9.17, 15) is 20.1 Å². The van der Waals surface area contributed by atoms with E-state index in [1.165, 1.54) is 12.1 Å². The lowest BCUT2D eigenvalue weighted by atomic mass is 9.93. The molecule has 0 aromatic heterocycles. The Morgan fingerprint density at radius 1 is 1.20 bits per heavy atom. The maximum Gasteiger partial charge on any atom is 0.415 e. The van der Waals surface area contributed by atoms with Crippen LogP contribution >= 0.6 is 12.0 Å². The Morgan fingerprint density at radius 3 is 2.66 bits per heavy atom. The van der Waals surface area contributed by atoms with Gasteiger partial charge in [0.15, 0.2) is 11.5 Å². The molecule has 0 spiro atoms. The number of aliphatic hydroxyl groups excluding tert-OH is 1. The van der Waals surface area contributed by atoms with E-state index in [1.54, 1.807) is 49.3 Å². The number of hydrogen-bond donors (Lipinski definition) is 5. The number of phenols is 2. The molecule has 2 aromatic rings. The normalized spacial score (nSPS) is 15.9. The number of phenolic OH excluding ortho intramolecular Hbond substituents is 2. The summed E-state index contributed by atoms with van der Waals surface area (Å²) in [6.45, 7) is 8.14. The van der Waals surface area contributed by atoms with E-state index < -0.39 is 23.3 Å². The predicted molar refractivity (Wildman–Crippen MR) is 133 cm³/mol. The summed E-state index contributed by atoms with van der Waals surface area (Å²) in [4.78, 5) is 19.4. The van der Waals surface area contributed by atoms with Crippen molar-refractivity contribution in [2.45, 2.75) is 51.4 Å². The maximum absolute atomic E-state index is 12.7. The third-order valence-electron chi connectivity index (χ3n) is 5.85. The number of rotatable bonds is 11. The predicted octanol–water partition coefficient (Wildman–Crippen LogP) is 3.87. The minimum atomic E-state index is -0.872. The summed E-state index contributed by atoms with van der Waals surface area (Å²) >= 11 is 1.04. The number of aromatic hydroxyl groups is 2. The van der Waals surface area contributed by atoms with Crippen molar-refractivity contribution in [2.24, 2.45) is 0 Å². The second-order valence-electron chi connectivity index (χ2n) is 9.42. The average Bonchev–Trinajstić information content (AvgIpc) is 2.78. The summed E-state index contributed by atoms with van der Waals surface area (Å²) in [5.74, 6) is 0.129. The Bertz CT molecular complexity index is 1050.